The molecule has 3 rings (SSSR count). The van der Waals surface area contributed by atoms with Gasteiger partial charge in [0.25, 0.3) is 0 Å². The lowest BCUT2D eigenvalue weighted by Crippen LogP contribution is -2.06. The summed E-state index contributed by atoms with van der Waals surface area (Å²) in [5.74, 6) is -0.196. The molecule has 0 fully saturated rings. The summed E-state index contributed by atoms with van der Waals surface area (Å²) in [4.78, 5) is 15.9. The molecule has 0 aliphatic carbocycles. The van der Waals surface area contributed by atoms with Crippen LogP contribution in [0.4, 0.5) is 0 Å². The Hall–Kier alpha value is -2.68. The number of fused-ring (bicyclic) bond motifs is 1. The first kappa shape index (κ1) is 14.3. The fraction of sp³-hybridized carbons (Fsp3) is 0.158. The molecule has 110 valence electrons. The largest absolute Gasteiger partial charge is 0.459 e. The lowest BCUT2D eigenvalue weighted by molar-refractivity contribution is -0.145. The van der Waals surface area contributed by atoms with E-state index in [4.69, 9.17) is 4.74 Å². The lowest BCUT2D eigenvalue weighted by Gasteiger charge is -2.05. The molecule has 3 heteroatoms. The van der Waals surface area contributed by atoms with Gasteiger partial charge in [-0.25, -0.2) is 0 Å². The molecule has 0 aliphatic rings. The quantitative estimate of drug-likeness (QED) is 0.669. The van der Waals surface area contributed by atoms with Crippen LogP contribution in [-0.4, -0.2) is 11.0 Å². The molecule has 0 bridgehead atoms. The molecule has 0 N–H and O–H groups in total. The molecule has 22 heavy (non-hydrogen) atoms. The van der Waals surface area contributed by atoms with Crippen LogP contribution in [0.25, 0.3) is 10.8 Å². The van der Waals surface area contributed by atoms with Crippen LogP contribution in [0.5, 0.6) is 0 Å². The third-order valence-corrected chi connectivity index (χ3v) is 3.54. The maximum atomic E-state index is 11.8. The van der Waals surface area contributed by atoms with Crippen LogP contribution < -0.4 is 0 Å². The first-order valence-corrected chi connectivity index (χ1v) is 7.34. The van der Waals surface area contributed by atoms with Gasteiger partial charge in [-0.2, -0.15) is 0 Å². The summed E-state index contributed by atoms with van der Waals surface area (Å²) in [5, 5.41) is 2.41. The van der Waals surface area contributed by atoms with E-state index in [2.05, 4.69) is 35.3 Å². The van der Waals surface area contributed by atoms with E-state index < -0.39 is 0 Å². The molecule has 2 aromatic carbocycles. The molecule has 0 saturated heterocycles. The standard InChI is InChI=1S/C19H17NO2/c21-19(22-14-18-7-3-4-12-20-18)11-9-15-8-10-16-5-1-2-6-17(16)13-15/h1-8,10,12-13H,9,11,14H2. The second-order valence-electron chi connectivity index (χ2n) is 5.16. The van der Waals surface area contributed by atoms with Crippen molar-refractivity contribution in [1.82, 2.24) is 4.98 Å². The zero-order valence-electron chi connectivity index (χ0n) is 12.2. The van der Waals surface area contributed by atoms with Gasteiger partial charge in [0.15, 0.2) is 0 Å². The molecule has 0 unspecified atom stereocenters. The first-order chi connectivity index (χ1) is 10.8. The van der Waals surface area contributed by atoms with Crippen molar-refractivity contribution in [3.05, 3.63) is 78.1 Å². The molecule has 0 amide bonds. The Balaban J connectivity index is 1.53. The number of ether oxygens (including phenoxy) is 1. The molecule has 1 aromatic heterocycles. The van der Waals surface area contributed by atoms with Crippen LogP contribution in [0.15, 0.2) is 66.9 Å². The van der Waals surface area contributed by atoms with Gasteiger partial charge in [0.2, 0.25) is 0 Å². The number of aryl methyl sites for hydroxylation is 1. The maximum Gasteiger partial charge on any atom is 0.306 e. The van der Waals surface area contributed by atoms with Crippen molar-refractivity contribution in [2.45, 2.75) is 19.4 Å². The Morgan fingerprint density at radius 3 is 2.59 bits per heavy atom. The summed E-state index contributed by atoms with van der Waals surface area (Å²) in [6.07, 6.45) is 2.76. The molecule has 3 aromatic rings. The number of pyridine rings is 1. The van der Waals surface area contributed by atoms with Crippen LogP contribution in [-0.2, 0) is 22.6 Å². The summed E-state index contributed by atoms with van der Waals surface area (Å²) >= 11 is 0. The highest BCUT2D eigenvalue weighted by molar-refractivity contribution is 5.83. The van der Waals surface area contributed by atoms with Gasteiger partial charge in [0, 0.05) is 12.6 Å². The number of carbonyl (C=O) groups is 1. The van der Waals surface area contributed by atoms with Crippen molar-refractivity contribution in [3.63, 3.8) is 0 Å². The zero-order chi connectivity index (χ0) is 15.2. The van der Waals surface area contributed by atoms with E-state index >= 15 is 0 Å². The number of esters is 1. The third kappa shape index (κ3) is 3.70. The Labute approximate surface area is 129 Å². The Kier molecular flexibility index (Phi) is 4.44. The lowest BCUT2D eigenvalue weighted by atomic mass is 10.0. The monoisotopic (exact) mass is 291 g/mol. The van der Waals surface area contributed by atoms with Gasteiger partial charge < -0.3 is 4.74 Å². The molecule has 0 atom stereocenters. The van der Waals surface area contributed by atoms with Crippen molar-refractivity contribution < 1.29 is 9.53 Å². The van der Waals surface area contributed by atoms with Crippen molar-refractivity contribution in [1.29, 1.82) is 0 Å². The smallest absolute Gasteiger partial charge is 0.306 e. The van der Waals surface area contributed by atoms with Gasteiger partial charge in [0.1, 0.15) is 6.61 Å². The average molecular weight is 291 g/mol. The summed E-state index contributed by atoms with van der Waals surface area (Å²) in [6, 6.07) is 20.1. The van der Waals surface area contributed by atoms with Crippen LogP contribution >= 0.6 is 0 Å². The van der Waals surface area contributed by atoms with Gasteiger partial charge >= 0.3 is 5.97 Å². The highest BCUT2D eigenvalue weighted by Gasteiger charge is 2.05. The second kappa shape index (κ2) is 6.85. The number of nitrogens with zero attached hydrogens (tertiary/aromatic N) is 1. The molecule has 0 radical (unpaired) electrons. The van der Waals surface area contributed by atoms with E-state index in [1.807, 2.05) is 30.3 Å². The SMILES string of the molecule is O=C(CCc1ccc2ccccc2c1)OCc1ccccn1. The van der Waals surface area contributed by atoms with Crippen molar-refractivity contribution in [2.24, 2.45) is 0 Å². The van der Waals surface area contributed by atoms with E-state index in [0.717, 1.165) is 11.3 Å². The third-order valence-electron chi connectivity index (χ3n) is 3.54. The fourth-order valence-corrected chi connectivity index (χ4v) is 2.35. The van der Waals surface area contributed by atoms with E-state index in [9.17, 15) is 4.79 Å². The Bertz CT molecular complexity index is 769. The number of hydrogen-bond donors (Lipinski definition) is 0. The summed E-state index contributed by atoms with van der Waals surface area (Å²) in [7, 11) is 0. The van der Waals surface area contributed by atoms with Gasteiger partial charge in [-0.3, -0.25) is 9.78 Å². The molecule has 0 spiro atoms. The maximum absolute atomic E-state index is 11.8. The predicted octanol–water partition coefficient (Wildman–Crippen LogP) is 3.91. The van der Waals surface area contributed by atoms with Crippen molar-refractivity contribution in [3.8, 4) is 0 Å². The van der Waals surface area contributed by atoms with Crippen LogP contribution in [0.3, 0.4) is 0 Å². The molecule has 0 saturated carbocycles. The number of carbonyl (C=O) groups excluding carboxylic acids is 1. The van der Waals surface area contributed by atoms with Crippen LogP contribution in [0.1, 0.15) is 17.7 Å². The molecule has 3 nitrogen and oxygen atoms in total. The molecule has 0 aliphatic heterocycles. The average Bonchev–Trinajstić information content (AvgIpc) is 2.59. The van der Waals surface area contributed by atoms with E-state index in [-0.39, 0.29) is 12.6 Å². The second-order valence-corrected chi connectivity index (χ2v) is 5.16. The first-order valence-electron chi connectivity index (χ1n) is 7.34. The van der Waals surface area contributed by atoms with Crippen LogP contribution in [0.2, 0.25) is 0 Å². The fourth-order valence-electron chi connectivity index (χ4n) is 2.35. The van der Waals surface area contributed by atoms with E-state index in [0.29, 0.717) is 12.8 Å². The number of hydrogen-bond acceptors (Lipinski definition) is 3. The minimum absolute atomic E-state index is 0.196. The normalized spacial score (nSPS) is 10.5. The van der Waals surface area contributed by atoms with Gasteiger partial charge in [-0.15, -0.1) is 0 Å². The summed E-state index contributed by atoms with van der Waals surface area (Å²) in [5.41, 5.74) is 1.91. The predicted molar refractivity (Wildman–Crippen MR) is 86.3 cm³/mol. The number of rotatable bonds is 5. The van der Waals surface area contributed by atoms with E-state index in [1.54, 1.807) is 6.20 Å². The molecule has 1 heterocycles. The molecular formula is C19H17NO2. The minimum Gasteiger partial charge on any atom is -0.459 e. The van der Waals surface area contributed by atoms with Gasteiger partial charge in [-0.1, -0.05) is 48.5 Å². The van der Waals surface area contributed by atoms with Gasteiger partial charge in [0.05, 0.1) is 5.69 Å². The topological polar surface area (TPSA) is 39.2 Å². The van der Waals surface area contributed by atoms with Crippen molar-refractivity contribution >= 4 is 16.7 Å². The minimum atomic E-state index is -0.196. The Morgan fingerprint density at radius 1 is 0.955 bits per heavy atom. The van der Waals surface area contributed by atoms with Gasteiger partial charge in [-0.05, 0) is 34.9 Å². The highest BCUT2D eigenvalue weighted by Crippen LogP contribution is 2.16. The number of aromatic nitrogens is 1. The van der Waals surface area contributed by atoms with Crippen LogP contribution in [0, 0.1) is 0 Å². The van der Waals surface area contributed by atoms with Crippen molar-refractivity contribution in [2.75, 3.05) is 0 Å². The number of benzene rings is 2. The highest BCUT2D eigenvalue weighted by atomic mass is 16.5. The molecular weight excluding hydrogens is 274 g/mol. The van der Waals surface area contributed by atoms with E-state index in [1.165, 1.54) is 10.8 Å². The Morgan fingerprint density at radius 2 is 1.77 bits per heavy atom. The zero-order valence-corrected chi connectivity index (χ0v) is 12.2. The summed E-state index contributed by atoms with van der Waals surface area (Å²) < 4.78 is 5.24. The summed E-state index contributed by atoms with van der Waals surface area (Å²) in [6.45, 7) is 0.234.